The van der Waals surface area contributed by atoms with Crippen molar-refractivity contribution in [2.75, 3.05) is 5.32 Å². The standard InChI is InChI=1S/C9H9ClN2O/c10-6-2-1-5-3-7(11)9(13)12-8(5)4-6/h1-2,4,7H,3,11H2,(H,12,13)/t7-/m0/s1. The number of halogens is 1. The summed E-state index contributed by atoms with van der Waals surface area (Å²) in [6, 6.07) is 4.98. The third-order valence-electron chi connectivity index (χ3n) is 2.11. The molecule has 1 aliphatic heterocycles. The molecule has 0 bridgehead atoms. The second-order valence-corrected chi connectivity index (χ2v) is 3.54. The van der Waals surface area contributed by atoms with Crippen LogP contribution < -0.4 is 11.1 Å². The Morgan fingerprint density at radius 2 is 2.31 bits per heavy atom. The van der Waals surface area contributed by atoms with E-state index in [1.165, 1.54) is 0 Å². The SMILES string of the molecule is N[C@H]1Cc2ccc(Cl)cc2NC1=O. The number of carbonyl (C=O) groups excluding carboxylic acids is 1. The van der Waals surface area contributed by atoms with Crippen molar-refractivity contribution in [3.63, 3.8) is 0 Å². The predicted octanol–water partition coefficient (Wildman–Crippen LogP) is 1.16. The van der Waals surface area contributed by atoms with E-state index in [4.69, 9.17) is 17.3 Å². The van der Waals surface area contributed by atoms with Crippen molar-refractivity contribution in [3.8, 4) is 0 Å². The van der Waals surface area contributed by atoms with Gasteiger partial charge >= 0.3 is 0 Å². The van der Waals surface area contributed by atoms with Gasteiger partial charge in [-0.15, -0.1) is 0 Å². The maximum atomic E-state index is 11.2. The molecule has 13 heavy (non-hydrogen) atoms. The minimum Gasteiger partial charge on any atom is -0.324 e. The highest BCUT2D eigenvalue weighted by Gasteiger charge is 2.22. The van der Waals surface area contributed by atoms with Crippen LogP contribution in [0.25, 0.3) is 0 Å². The number of amides is 1. The summed E-state index contributed by atoms with van der Waals surface area (Å²) < 4.78 is 0. The van der Waals surface area contributed by atoms with E-state index < -0.39 is 6.04 Å². The number of nitrogens with two attached hydrogens (primary N) is 1. The van der Waals surface area contributed by atoms with Gasteiger partial charge in [-0.25, -0.2) is 0 Å². The molecule has 4 heteroatoms. The average molecular weight is 197 g/mol. The van der Waals surface area contributed by atoms with Crippen LogP contribution in [0.3, 0.4) is 0 Å². The van der Waals surface area contributed by atoms with Gasteiger partial charge in [-0.05, 0) is 24.1 Å². The van der Waals surface area contributed by atoms with E-state index >= 15 is 0 Å². The molecule has 0 aromatic heterocycles. The molecule has 68 valence electrons. The fourth-order valence-corrected chi connectivity index (χ4v) is 1.57. The molecular weight excluding hydrogens is 188 g/mol. The van der Waals surface area contributed by atoms with E-state index in [1.807, 2.05) is 6.07 Å². The molecule has 0 spiro atoms. The van der Waals surface area contributed by atoms with Crippen LogP contribution in [0.2, 0.25) is 5.02 Å². The van der Waals surface area contributed by atoms with Gasteiger partial charge in [-0.3, -0.25) is 4.79 Å². The zero-order chi connectivity index (χ0) is 9.42. The number of nitrogens with one attached hydrogen (secondary N) is 1. The van der Waals surface area contributed by atoms with Gasteiger partial charge in [0.2, 0.25) is 5.91 Å². The quantitative estimate of drug-likeness (QED) is 0.655. The first kappa shape index (κ1) is 8.53. The number of rotatable bonds is 0. The lowest BCUT2D eigenvalue weighted by Gasteiger charge is -2.21. The number of carbonyl (C=O) groups is 1. The molecule has 1 aromatic carbocycles. The summed E-state index contributed by atoms with van der Waals surface area (Å²) in [6.07, 6.45) is 0.582. The lowest BCUT2D eigenvalue weighted by molar-refractivity contribution is -0.117. The number of hydrogen-bond acceptors (Lipinski definition) is 2. The maximum Gasteiger partial charge on any atom is 0.241 e. The average Bonchev–Trinajstić information content (AvgIpc) is 2.08. The van der Waals surface area contributed by atoms with Crippen LogP contribution in [0.4, 0.5) is 5.69 Å². The van der Waals surface area contributed by atoms with E-state index in [2.05, 4.69) is 5.32 Å². The van der Waals surface area contributed by atoms with Gasteiger partial charge in [0.15, 0.2) is 0 Å². The molecule has 0 aliphatic carbocycles. The summed E-state index contributed by atoms with van der Waals surface area (Å²) in [4.78, 5) is 11.2. The Morgan fingerprint density at radius 1 is 1.54 bits per heavy atom. The molecule has 3 nitrogen and oxygen atoms in total. The van der Waals surface area contributed by atoms with Gasteiger partial charge in [-0.2, -0.15) is 0 Å². The van der Waals surface area contributed by atoms with Crippen LogP contribution in [0.5, 0.6) is 0 Å². The smallest absolute Gasteiger partial charge is 0.241 e. The van der Waals surface area contributed by atoms with E-state index in [-0.39, 0.29) is 5.91 Å². The molecule has 1 aliphatic rings. The summed E-state index contributed by atoms with van der Waals surface area (Å²) >= 11 is 5.78. The van der Waals surface area contributed by atoms with Gasteiger partial charge in [-0.1, -0.05) is 17.7 Å². The van der Waals surface area contributed by atoms with Crippen molar-refractivity contribution >= 4 is 23.2 Å². The second-order valence-electron chi connectivity index (χ2n) is 3.10. The lowest BCUT2D eigenvalue weighted by atomic mass is 10.00. The summed E-state index contributed by atoms with van der Waals surface area (Å²) in [5.74, 6) is -0.144. The number of anilines is 1. The number of fused-ring (bicyclic) bond motifs is 1. The van der Waals surface area contributed by atoms with Crippen LogP contribution >= 0.6 is 11.6 Å². The minimum atomic E-state index is -0.436. The Balaban J connectivity index is 2.42. The van der Waals surface area contributed by atoms with E-state index in [1.54, 1.807) is 12.1 Å². The Bertz CT molecular complexity index is 365. The Labute approximate surface area is 80.9 Å². The summed E-state index contributed by atoms with van der Waals surface area (Å²) in [5, 5.41) is 3.32. The van der Waals surface area contributed by atoms with Crippen molar-refractivity contribution < 1.29 is 4.79 Å². The van der Waals surface area contributed by atoms with Crippen molar-refractivity contribution in [2.45, 2.75) is 12.5 Å². The third-order valence-corrected chi connectivity index (χ3v) is 2.34. The van der Waals surface area contributed by atoms with Crippen LogP contribution in [-0.2, 0) is 11.2 Å². The molecular formula is C9H9ClN2O. The Morgan fingerprint density at radius 3 is 3.08 bits per heavy atom. The van der Waals surface area contributed by atoms with Crippen LogP contribution in [0.1, 0.15) is 5.56 Å². The molecule has 1 amide bonds. The highest BCUT2D eigenvalue weighted by Crippen LogP contribution is 2.25. The predicted molar refractivity (Wildman–Crippen MR) is 51.8 cm³/mol. The first-order valence-corrected chi connectivity index (χ1v) is 4.39. The molecule has 0 saturated heterocycles. The lowest BCUT2D eigenvalue weighted by Crippen LogP contribution is -2.40. The zero-order valence-corrected chi connectivity index (χ0v) is 7.64. The van der Waals surface area contributed by atoms with E-state index in [9.17, 15) is 4.79 Å². The van der Waals surface area contributed by atoms with Gasteiger partial charge in [0.1, 0.15) is 0 Å². The van der Waals surface area contributed by atoms with E-state index in [0.717, 1.165) is 11.3 Å². The van der Waals surface area contributed by atoms with Crippen molar-refractivity contribution in [2.24, 2.45) is 5.73 Å². The third kappa shape index (κ3) is 1.53. The van der Waals surface area contributed by atoms with Crippen LogP contribution in [0.15, 0.2) is 18.2 Å². The first-order valence-electron chi connectivity index (χ1n) is 4.01. The second kappa shape index (κ2) is 3.01. The number of benzene rings is 1. The molecule has 0 fully saturated rings. The Kier molecular flexibility index (Phi) is 1.98. The van der Waals surface area contributed by atoms with Crippen molar-refractivity contribution in [1.82, 2.24) is 0 Å². The fraction of sp³-hybridized carbons (Fsp3) is 0.222. The summed E-state index contributed by atoms with van der Waals surface area (Å²) in [6.45, 7) is 0. The molecule has 1 aromatic rings. The van der Waals surface area contributed by atoms with Gasteiger partial charge in [0.25, 0.3) is 0 Å². The largest absolute Gasteiger partial charge is 0.324 e. The maximum absolute atomic E-state index is 11.2. The zero-order valence-electron chi connectivity index (χ0n) is 6.88. The minimum absolute atomic E-state index is 0.144. The molecule has 2 rings (SSSR count). The van der Waals surface area contributed by atoms with Crippen molar-refractivity contribution in [1.29, 1.82) is 0 Å². The topological polar surface area (TPSA) is 55.1 Å². The number of hydrogen-bond donors (Lipinski definition) is 2. The molecule has 1 heterocycles. The monoisotopic (exact) mass is 196 g/mol. The summed E-state index contributed by atoms with van der Waals surface area (Å²) in [5.41, 5.74) is 7.40. The molecule has 0 saturated carbocycles. The van der Waals surface area contributed by atoms with Crippen molar-refractivity contribution in [3.05, 3.63) is 28.8 Å². The van der Waals surface area contributed by atoms with Gasteiger partial charge in [0.05, 0.1) is 6.04 Å². The molecule has 3 N–H and O–H groups in total. The molecule has 0 radical (unpaired) electrons. The van der Waals surface area contributed by atoms with Gasteiger partial charge < -0.3 is 11.1 Å². The van der Waals surface area contributed by atoms with Gasteiger partial charge in [0, 0.05) is 10.7 Å². The highest BCUT2D eigenvalue weighted by atomic mass is 35.5. The molecule has 1 atom stereocenters. The fourth-order valence-electron chi connectivity index (χ4n) is 1.40. The molecule has 0 unspecified atom stereocenters. The summed E-state index contributed by atoms with van der Waals surface area (Å²) in [7, 11) is 0. The highest BCUT2D eigenvalue weighted by molar-refractivity contribution is 6.31. The normalized spacial score (nSPS) is 20.8. The van der Waals surface area contributed by atoms with Crippen LogP contribution in [0, 0.1) is 0 Å². The Hall–Kier alpha value is -1.06. The first-order chi connectivity index (χ1) is 6.16. The van der Waals surface area contributed by atoms with E-state index in [0.29, 0.717) is 11.4 Å². The van der Waals surface area contributed by atoms with Crippen LogP contribution in [-0.4, -0.2) is 11.9 Å².